The predicted molar refractivity (Wildman–Crippen MR) is 70.6 cm³/mol. The summed E-state index contributed by atoms with van der Waals surface area (Å²) in [6.45, 7) is 5.93. The molecular weight excluding hydrogens is 230 g/mol. The van der Waals surface area contributed by atoms with Crippen molar-refractivity contribution in [1.29, 1.82) is 0 Å². The van der Waals surface area contributed by atoms with E-state index < -0.39 is 5.91 Å². The molecule has 2 heterocycles. The molecule has 1 fully saturated rings. The molecule has 6 nitrogen and oxygen atoms in total. The molecule has 2 rings (SSSR count). The second-order valence-corrected chi connectivity index (χ2v) is 5.23. The molecule has 0 radical (unpaired) electrons. The van der Waals surface area contributed by atoms with Gasteiger partial charge in [-0.25, -0.2) is 0 Å². The minimum absolute atomic E-state index is 0.0182. The van der Waals surface area contributed by atoms with Crippen molar-refractivity contribution in [2.75, 3.05) is 18.4 Å². The van der Waals surface area contributed by atoms with Crippen molar-refractivity contribution in [3.05, 3.63) is 11.3 Å². The fourth-order valence-corrected chi connectivity index (χ4v) is 2.49. The second kappa shape index (κ2) is 4.61. The summed E-state index contributed by atoms with van der Waals surface area (Å²) in [6, 6.07) is 0. The minimum atomic E-state index is -0.430. The first-order chi connectivity index (χ1) is 8.43. The van der Waals surface area contributed by atoms with Gasteiger partial charge in [0.05, 0.1) is 5.69 Å². The van der Waals surface area contributed by atoms with Crippen LogP contribution in [0.5, 0.6) is 0 Å². The number of nitrogens with two attached hydrogens (primary N) is 1. The molecule has 100 valence electrons. The summed E-state index contributed by atoms with van der Waals surface area (Å²) >= 11 is 0. The maximum Gasteiger partial charge on any atom is 0.254 e. The van der Waals surface area contributed by atoms with Crippen LogP contribution in [0.15, 0.2) is 0 Å². The Morgan fingerprint density at radius 1 is 1.50 bits per heavy atom. The normalized spacial score (nSPS) is 18.6. The Labute approximate surface area is 107 Å². The molecule has 6 heteroatoms. The summed E-state index contributed by atoms with van der Waals surface area (Å²) in [5.74, 6) is 0.296. The number of piperidine rings is 1. The molecule has 0 aliphatic carbocycles. The van der Waals surface area contributed by atoms with Gasteiger partial charge in [-0.1, -0.05) is 0 Å². The van der Waals surface area contributed by atoms with Gasteiger partial charge < -0.3 is 16.4 Å². The number of primary amides is 1. The molecule has 18 heavy (non-hydrogen) atoms. The molecule has 0 spiro atoms. The van der Waals surface area contributed by atoms with Gasteiger partial charge in [0.2, 0.25) is 0 Å². The van der Waals surface area contributed by atoms with Crippen molar-refractivity contribution in [2.24, 2.45) is 12.8 Å². The van der Waals surface area contributed by atoms with E-state index in [1.807, 2.05) is 7.05 Å². The van der Waals surface area contributed by atoms with Crippen molar-refractivity contribution < 1.29 is 4.79 Å². The molecule has 1 aromatic rings. The quantitative estimate of drug-likeness (QED) is 0.725. The molecular formula is C12H21N5O. The van der Waals surface area contributed by atoms with E-state index in [0.29, 0.717) is 11.3 Å². The SMILES string of the molecule is Cc1nn(C)c(NC2(C)CCNCC2)c1C(N)=O. The zero-order valence-electron chi connectivity index (χ0n) is 11.2. The monoisotopic (exact) mass is 251 g/mol. The van der Waals surface area contributed by atoms with Gasteiger partial charge in [-0.15, -0.1) is 0 Å². The zero-order valence-corrected chi connectivity index (χ0v) is 11.2. The Hall–Kier alpha value is -1.56. The van der Waals surface area contributed by atoms with E-state index in [-0.39, 0.29) is 5.54 Å². The summed E-state index contributed by atoms with van der Waals surface area (Å²) in [7, 11) is 1.83. The summed E-state index contributed by atoms with van der Waals surface area (Å²) in [4.78, 5) is 11.5. The van der Waals surface area contributed by atoms with Gasteiger partial charge in [0.1, 0.15) is 11.4 Å². The molecule has 1 amide bonds. The lowest BCUT2D eigenvalue weighted by Gasteiger charge is -2.36. The molecule has 0 unspecified atom stereocenters. The Morgan fingerprint density at radius 3 is 2.67 bits per heavy atom. The minimum Gasteiger partial charge on any atom is -0.365 e. The van der Waals surface area contributed by atoms with Crippen LogP contribution in [0.4, 0.5) is 5.82 Å². The van der Waals surface area contributed by atoms with Crippen LogP contribution >= 0.6 is 0 Å². The molecule has 1 aliphatic heterocycles. The molecule has 0 atom stereocenters. The average molecular weight is 251 g/mol. The zero-order chi connectivity index (χ0) is 13.3. The number of aryl methyl sites for hydroxylation is 2. The summed E-state index contributed by atoms with van der Waals surface area (Å²) in [6.07, 6.45) is 2.02. The molecule has 0 bridgehead atoms. The third kappa shape index (κ3) is 2.33. The summed E-state index contributed by atoms with van der Waals surface area (Å²) in [5.41, 5.74) is 6.58. The second-order valence-electron chi connectivity index (χ2n) is 5.23. The molecule has 1 aromatic heterocycles. The number of carbonyl (C=O) groups is 1. The van der Waals surface area contributed by atoms with Gasteiger partial charge in [0.15, 0.2) is 0 Å². The van der Waals surface area contributed by atoms with Crippen LogP contribution in [-0.4, -0.2) is 34.3 Å². The van der Waals surface area contributed by atoms with Crippen LogP contribution in [0.3, 0.4) is 0 Å². The van der Waals surface area contributed by atoms with Crippen molar-refractivity contribution in [3.63, 3.8) is 0 Å². The number of hydrogen-bond acceptors (Lipinski definition) is 4. The number of rotatable bonds is 3. The highest BCUT2D eigenvalue weighted by Gasteiger charge is 2.30. The molecule has 0 saturated carbocycles. The van der Waals surface area contributed by atoms with Crippen LogP contribution < -0.4 is 16.4 Å². The lowest BCUT2D eigenvalue weighted by atomic mass is 9.90. The van der Waals surface area contributed by atoms with E-state index in [9.17, 15) is 4.79 Å². The van der Waals surface area contributed by atoms with Gasteiger partial charge in [-0.3, -0.25) is 9.48 Å². The van der Waals surface area contributed by atoms with Gasteiger partial charge in [0.25, 0.3) is 5.91 Å². The Bertz CT molecular complexity index is 459. The fourth-order valence-electron chi connectivity index (χ4n) is 2.49. The topological polar surface area (TPSA) is 85.0 Å². The van der Waals surface area contributed by atoms with Crippen LogP contribution in [0.25, 0.3) is 0 Å². The van der Waals surface area contributed by atoms with Gasteiger partial charge in [-0.05, 0) is 39.8 Å². The largest absolute Gasteiger partial charge is 0.365 e. The van der Waals surface area contributed by atoms with Crippen molar-refractivity contribution >= 4 is 11.7 Å². The number of carbonyl (C=O) groups excluding carboxylic acids is 1. The van der Waals surface area contributed by atoms with Crippen LogP contribution in [0, 0.1) is 6.92 Å². The van der Waals surface area contributed by atoms with Crippen molar-refractivity contribution in [3.8, 4) is 0 Å². The Morgan fingerprint density at radius 2 is 2.11 bits per heavy atom. The van der Waals surface area contributed by atoms with Gasteiger partial charge >= 0.3 is 0 Å². The molecule has 1 saturated heterocycles. The van der Waals surface area contributed by atoms with Gasteiger partial charge in [-0.2, -0.15) is 5.10 Å². The standard InChI is InChI=1S/C12H21N5O/c1-8-9(10(13)18)11(17(3)16-8)15-12(2)4-6-14-7-5-12/h14-15H,4-7H2,1-3H3,(H2,13,18). The Balaban J connectivity index is 2.30. The van der Waals surface area contributed by atoms with E-state index in [2.05, 4.69) is 22.7 Å². The lowest BCUT2D eigenvalue weighted by Crippen LogP contribution is -2.46. The number of anilines is 1. The first-order valence-electron chi connectivity index (χ1n) is 6.25. The number of nitrogens with one attached hydrogen (secondary N) is 2. The van der Waals surface area contributed by atoms with Crippen LogP contribution in [-0.2, 0) is 7.05 Å². The van der Waals surface area contributed by atoms with E-state index >= 15 is 0 Å². The number of hydrogen-bond donors (Lipinski definition) is 3. The van der Waals surface area contributed by atoms with E-state index in [1.54, 1.807) is 11.6 Å². The number of amides is 1. The predicted octanol–water partition coefficient (Wildman–Crippen LogP) is 0.381. The Kier molecular flexibility index (Phi) is 3.30. The highest BCUT2D eigenvalue weighted by molar-refractivity contribution is 5.99. The van der Waals surface area contributed by atoms with Crippen molar-refractivity contribution in [1.82, 2.24) is 15.1 Å². The van der Waals surface area contributed by atoms with E-state index in [0.717, 1.165) is 31.7 Å². The van der Waals surface area contributed by atoms with Crippen LogP contribution in [0.1, 0.15) is 35.8 Å². The third-order valence-electron chi connectivity index (χ3n) is 3.60. The van der Waals surface area contributed by atoms with Crippen molar-refractivity contribution in [2.45, 2.75) is 32.2 Å². The first-order valence-corrected chi connectivity index (χ1v) is 6.25. The smallest absolute Gasteiger partial charge is 0.254 e. The third-order valence-corrected chi connectivity index (χ3v) is 3.60. The molecule has 1 aliphatic rings. The maximum absolute atomic E-state index is 11.5. The van der Waals surface area contributed by atoms with Gasteiger partial charge in [0, 0.05) is 12.6 Å². The summed E-state index contributed by atoms with van der Waals surface area (Å²) < 4.78 is 1.70. The maximum atomic E-state index is 11.5. The van der Waals surface area contributed by atoms with Crippen LogP contribution in [0.2, 0.25) is 0 Å². The first kappa shape index (κ1) is 12.9. The highest BCUT2D eigenvalue weighted by Crippen LogP contribution is 2.27. The number of aromatic nitrogens is 2. The average Bonchev–Trinajstić information content (AvgIpc) is 2.54. The fraction of sp³-hybridized carbons (Fsp3) is 0.667. The molecule has 4 N–H and O–H groups in total. The van der Waals surface area contributed by atoms with E-state index in [1.165, 1.54) is 0 Å². The number of nitrogens with zero attached hydrogens (tertiary/aromatic N) is 2. The van der Waals surface area contributed by atoms with E-state index in [4.69, 9.17) is 5.73 Å². The molecule has 0 aromatic carbocycles. The summed E-state index contributed by atoms with van der Waals surface area (Å²) in [5, 5.41) is 11.1. The highest BCUT2D eigenvalue weighted by atomic mass is 16.1. The lowest BCUT2D eigenvalue weighted by molar-refractivity contribution is 0.100.